The van der Waals surface area contributed by atoms with E-state index in [-0.39, 0.29) is 30.2 Å². The quantitative estimate of drug-likeness (QED) is 0.323. The second-order valence-corrected chi connectivity index (χ2v) is 12.6. The average Bonchev–Trinajstić information content (AvgIpc) is 3.43. The molecule has 2 heterocycles. The number of carbonyl (C=O) groups excluding carboxylic acids is 1. The molecule has 2 aliphatic heterocycles. The van der Waals surface area contributed by atoms with Crippen LogP contribution in [0, 0.1) is 11.3 Å². The van der Waals surface area contributed by atoms with Gasteiger partial charge in [0.1, 0.15) is 0 Å². The van der Waals surface area contributed by atoms with Crippen LogP contribution >= 0.6 is 0 Å². The largest absolute Gasteiger partial charge is 0.454 e. The van der Waals surface area contributed by atoms with Gasteiger partial charge in [-0.3, -0.25) is 4.79 Å². The summed E-state index contributed by atoms with van der Waals surface area (Å²) in [4.78, 5) is 16.0. The average molecular weight is 613 g/mol. The summed E-state index contributed by atoms with van der Waals surface area (Å²) in [6.45, 7) is 5.32. The highest BCUT2D eigenvalue weighted by atomic mass is 19.4. The normalized spacial score (nSPS) is 22.5. The lowest BCUT2D eigenvalue weighted by molar-refractivity contribution is -0.143. The van der Waals surface area contributed by atoms with E-state index >= 15 is 0 Å². The number of ether oxygens (including phenoxy) is 2. The number of rotatable bonds is 7. The Labute approximate surface area is 247 Å². The van der Waals surface area contributed by atoms with E-state index < -0.39 is 35.4 Å². The van der Waals surface area contributed by atoms with Gasteiger partial charge in [0.15, 0.2) is 11.5 Å². The predicted octanol–water partition coefficient (Wildman–Crippen LogP) is 7.92. The van der Waals surface area contributed by atoms with E-state index in [4.69, 9.17) is 9.47 Å². The molecule has 0 aromatic heterocycles. The summed E-state index contributed by atoms with van der Waals surface area (Å²) in [6.07, 6.45) is -3.90. The highest BCUT2D eigenvalue weighted by Crippen LogP contribution is 2.43. The lowest BCUT2D eigenvalue weighted by Gasteiger charge is -2.46. The monoisotopic (exact) mass is 612 g/mol. The first kappa shape index (κ1) is 31.5. The molecule has 0 radical (unpaired) electrons. The second kappa shape index (κ2) is 12.2. The van der Waals surface area contributed by atoms with Crippen LogP contribution in [0.3, 0.4) is 0 Å². The van der Waals surface area contributed by atoms with Crippen molar-refractivity contribution in [2.45, 2.75) is 89.7 Å². The Morgan fingerprint density at radius 2 is 1.51 bits per heavy atom. The van der Waals surface area contributed by atoms with E-state index in [1.807, 2.05) is 19.9 Å². The molecule has 0 spiro atoms. The van der Waals surface area contributed by atoms with E-state index in [9.17, 15) is 31.1 Å². The highest BCUT2D eigenvalue weighted by Gasteiger charge is 2.43. The third kappa shape index (κ3) is 7.24. The van der Waals surface area contributed by atoms with Crippen LogP contribution in [0.4, 0.5) is 26.3 Å². The Morgan fingerprint density at radius 1 is 0.907 bits per heavy atom. The molecule has 0 bridgehead atoms. The van der Waals surface area contributed by atoms with Crippen LogP contribution in [0.25, 0.3) is 0 Å². The van der Waals surface area contributed by atoms with Gasteiger partial charge in [-0.25, -0.2) is 0 Å². The first-order valence-electron chi connectivity index (χ1n) is 14.9. The van der Waals surface area contributed by atoms with Gasteiger partial charge in [-0.1, -0.05) is 19.9 Å². The third-order valence-corrected chi connectivity index (χ3v) is 9.22. The van der Waals surface area contributed by atoms with Crippen LogP contribution in [0.1, 0.15) is 87.0 Å². The van der Waals surface area contributed by atoms with Gasteiger partial charge in [-0.2, -0.15) is 26.3 Å². The summed E-state index contributed by atoms with van der Waals surface area (Å²) in [5.74, 6) is 1.91. The standard InChI is InChI=1S/C32H38F6N2O3/c1-20(2)17-30(29(41)39-18-21-13-24(31(33,34)35)16-25(14-21)32(36,37)38)9-11-40(12-10-30)26-6-3-22(4-7-26)23-5-8-27-28(15-23)43-19-42-27/h5,8,13-16,20,22,26H,3-4,6-7,9-12,17-19H2,1-2H3,(H,39,41). The van der Waals surface area contributed by atoms with Crippen LogP contribution in [0.5, 0.6) is 11.5 Å². The summed E-state index contributed by atoms with van der Waals surface area (Å²) in [6, 6.07) is 8.02. The van der Waals surface area contributed by atoms with Gasteiger partial charge >= 0.3 is 12.4 Å². The molecule has 5 nitrogen and oxygen atoms in total. The fraction of sp³-hybridized carbons (Fsp3) is 0.594. The molecule has 43 heavy (non-hydrogen) atoms. The molecule has 1 saturated heterocycles. The zero-order valence-electron chi connectivity index (χ0n) is 24.4. The fourth-order valence-corrected chi connectivity index (χ4v) is 7.06. The van der Waals surface area contributed by atoms with Gasteiger partial charge in [0.2, 0.25) is 12.7 Å². The number of hydrogen-bond donors (Lipinski definition) is 1. The van der Waals surface area contributed by atoms with Crippen molar-refractivity contribution in [3.63, 3.8) is 0 Å². The topological polar surface area (TPSA) is 50.8 Å². The number of hydrogen-bond acceptors (Lipinski definition) is 4. The minimum Gasteiger partial charge on any atom is -0.454 e. The lowest BCUT2D eigenvalue weighted by Crippen LogP contribution is -2.52. The second-order valence-electron chi connectivity index (χ2n) is 12.6. The number of alkyl halides is 6. The number of nitrogens with zero attached hydrogens (tertiary/aromatic N) is 1. The van der Waals surface area contributed by atoms with Gasteiger partial charge in [0.25, 0.3) is 0 Å². The molecular weight excluding hydrogens is 574 g/mol. The van der Waals surface area contributed by atoms with Crippen LogP contribution in [0.2, 0.25) is 0 Å². The lowest BCUT2D eigenvalue weighted by atomic mass is 9.71. The number of halogens is 6. The first-order valence-corrected chi connectivity index (χ1v) is 14.9. The summed E-state index contributed by atoms with van der Waals surface area (Å²) in [5, 5.41) is 2.70. The highest BCUT2D eigenvalue weighted by molar-refractivity contribution is 5.82. The predicted molar refractivity (Wildman–Crippen MR) is 149 cm³/mol. The Balaban J connectivity index is 1.20. The van der Waals surface area contributed by atoms with Gasteiger partial charge in [-0.05, 0) is 111 Å². The van der Waals surface area contributed by atoms with Crippen LogP contribution in [0.15, 0.2) is 36.4 Å². The molecular formula is C32H38F6N2O3. The van der Waals surface area contributed by atoms with Crippen molar-refractivity contribution in [1.82, 2.24) is 10.2 Å². The SMILES string of the molecule is CC(C)CC1(C(=O)NCc2cc(C(F)(F)F)cc(C(F)(F)F)c2)CCN(C2CCC(c3ccc4c(c3)OCO4)CC2)CC1. The number of amides is 1. The molecule has 236 valence electrons. The van der Waals surface area contributed by atoms with Gasteiger partial charge in [0, 0.05) is 12.6 Å². The van der Waals surface area contributed by atoms with Crippen molar-refractivity contribution in [1.29, 1.82) is 0 Å². The minimum atomic E-state index is -4.94. The molecule has 1 N–H and O–H groups in total. The maximum atomic E-state index is 13.6. The molecule has 0 unspecified atom stereocenters. The van der Waals surface area contributed by atoms with E-state index in [1.165, 1.54) is 5.56 Å². The molecule has 3 aliphatic rings. The molecule has 0 atom stereocenters. The van der Waals surface area contributed by atoms with Gasteiger partial charge in [-0.15, -0.1) is 0 Å². The van der Waals surface area contributed by atoms with Gasteiger partial charge < -0.3 is 19.7 Å². The number of likely N-dealkylation sites (tertiary alicyclic amines) is 1. The maximum Gasteiger partial charge on any atom is 0.416 e. The molecule has 2 fully saturated rings. The molecule has 1 aliphatic carbocycles. The summed E-state index contributed by atoms with van der Waals surface area (Å²) < 4.78 is 90.8. The van der Waals surface area contributed by atoms with Gasteiger partial charge in [0.05, 0.1) is 16.5 Å². The van der Waals surface area contributed by atoms with Crippen LogP contribution in [-0.4, -0.2) is 36.7 Å². The molecule has 5 rings (SSSR count). The van der Waals surface area contributed by atoms with Crippen molar-refractivity contribution >= 4 is 5.91 Å². The number of nitrogens with one attached hydrogen (secondary N) is 1. The molecule has 1 amide bonds. The Morgan fingerprint density at radius 3 is 2.09 bits per heavy atom. The van der Waals surface area contributed by atoms with E-state index in [1.54, 1.807) is 0 Å². The van der Waals surface area contributed by atoms with Crippen LogP contribution in [-0.2, 0) is 23.7 Å². The zero-order valence-corrected chi connectivity index (χ0v) is 24.4. The van der Waals surface area contributed by atoms with Crippen molar-refractivity contribution in [2.24, 2.45) is 11.3 Å². The van der Waals surface area contributed by atoms with E-state index in [0.29, 0.717) is 43.4 Å². The third-order valence-electron chi connectivity index (χ3n) is 9.22. The van der Waals surface area contributed by atoms with Crippen molar-refractivity contribution < 1.29 is 40.6 Å². The molecule has 2 aromatic rings. The number of fused-ring (bicyclic) bond motifs is 1. The van der Waals surface area contributed by atoms with E-state index in [2.05, 4.69) is 22.3 Å². The first-order chi connectivity index (χ1) is 20.2. The summed E-state index contributed by atoms with van der Waals surface area (Å²) >= 11 is 0. The zero-order chi connectivity index (χ0) is 31.0. The molecule has 2 aromatic carbocycles. The smallest absolute Gasteiger partial charge is 0.416 e. The Bertz CT molecular complexity index is 1260. The molecule has 1 saturated carbocycles. The number of carbonyl (C=O) groups is 1. The van der Waals surface area contributed by atoms with Crippen LogP contribution < -0.4 is 14.8 Å². The minimum absolute atomic E-state index is 0.101. The number of piperidine rings is 1. The summed E-state index contributed by atoms with van der Waals surface area (Å²) in [5.41, 5.74) is -2.46. The van der Waals surface area contributed by atoms with Crippen molar-refractivity contribution in [3.05, 3.63) is 58.7 Å². The summed E-state index contributed by atoms with van der Waals surface area (Å²) in [7, 11) is 0. The number of benzene rings is 2. The molecule has 11 heteroatoms. The Hall–Kier alpha value is -2.95. The fourth-order valence-electron chi connectivity index (χ4n) is 7.06. The maximum absolute atomic E-state index is 13.6. The van der Waals surface area contributed by atoms with E-state index in [0.717, 1.165) is 50.3 Å². The van der Waals surface area contributed by atoms with Crippen molar-refractivity contribution in [3.8, 4) is 11.5 Å². The Kier molecular flexibility index (Phi) is 8.94. The van der Waals surface area contributed by atoms with Crippen molar-refractivity contribution in [2.75, 3.05) is 19.9 Å².